The van der Waals surface area contributed by atoms with Crippen molar-refractivity contribution in [3.63, 3.8) is 0 Å². The minimum Gasteiger partial charge on any atom is -0.490 e. The lowest BCUT2D eigenvalue weighted by Gasteiger charge is -2.13. The van der Waals surface area contributed by atoms with Gasteiger partial charge in [-0.1, -0.05) is 0 Å². The second kappa shape index (κ2) is 6.11. The highest BCUT2D eigenvalue weighted by Gasteiger charge is 2.16. The van der Waals surface area contributed by atoms with Gasteiger partial charge < -0.3 is 10.1 Å². The molecule has 100 valence electrons. The van der Waals surface area contributed by atoms with Crippen molar-refractivity contribution in [2.45, 2.75) is 38.3 Å². The fraction of sp³-hybridized carbons (Fsp3) is 0.375. The maximum Gasteiger partial charge on any atom is 0.119 e. The molecule has 0 saturated heterocycles. The molecule has 1 fully saturated rings. The second-order valence-corrected chi connectivity index (χ2v) is 5.81. The van der Waals surface area contributed by atoms with Crippen LogP contribution >= 0.6 is 11.3 Å². The molecule has 0 radical (unpaired) electrons. The van der Waals surface area contributed by atoms with Gasteiger partial charge in [0.1, 0.15) is 5.75 Å². The second-order valence-electron chi connectivity index (χ2n) is 5.03. The van der Waals surface area contributed by atoms with Crippen molar-refractivity contribution in [1.82, 2.24) is 0 Å². The Hall–Kier alpha value is -1.48. The first-order valence-corrected chi connectivity index (χ1v) is 7.86. The van der Waals surface area contributed by atoms with Crippen molar-refractivity contribution < 1.29 is 4.74 Å². The number of nitrogens with one attached hydrogen (secondary N) is 1. The average molecular weight is 273 g/mol. The van der Waals surface area contributed by atoms with Crippen molar-refractivity contribution >= 4 is 17.0 Å². The molecule has 0 unspecified atom stereocenters. The van der Waals surface area contributed by atoms with E-state index >= 15 is 0 Å². The Kier molecular flexibility index (Phi) is 4.04. The summed E-state index contributed by atoms with van der Waals surface area (Å²) >= 11 is 1.73. The standard InChI is InChI=1S/C16H19NOS/c1-2-4-15(3-1)18-16-7-5-14(6-8-16)17-11-13-9-10-19-12-13/h5-10,12,15,17H,1-4,11H2. The van der Waals surface area contributed by atoms with E-state index in [1.807, 2.05) is 0 Å². The first-order chi connectivity index (χ1) is 9.40. The summed E-state index contributed by atoms with van der Waals surface area (Å²) in [6.07, 6.45) is 5.47. The van der Waals surface area contributed by atoms with E-state index in [4.69, 9.17) is 4.74 Å². The summed E-state index contributed by atoms with van der Waals surface area (Å²) in [6, 6.07) is 10.5. The van der Waals surface area contributed by atoms with E-state index in [2.05, 4.69) is 46.4 Å². The Bertz CT molecular complexity index is 486. The molecule has 0 amide bonds. The molecule has 0 bridgehead atoms. The predicted molar refractivity (Wildman–Crippen MR) is 81.0 cm³/mol. The zero-order valence-electron chi connectivity index (χ0n) is 11.0. The molecule has 1 aromatic carbocycles. The summed E-state index contributed by atoms with van der Waals surface area (Å²) < 4.78 is 5.95. The summed E-state index contributed by atoms with van der Waals surface area (Å²) in [5.41, 5.74) is 2.47. The molecular weight excluding hydrogens is 254 g/mol. The molecule has 3 rings (SSSR count). The minimum absolute atomic E-state index is 0.435. The third-order valence-corrected chi connectivity index (χ3v) is 4.27. The third kappa shape index (κ3) is 3.51. The SMILES string of the molecule is c1cc(CNc2ccc(OC3CCCC3)cc2)cs1. The molecule has 1 aromatic heterocycles. The van der Waals surface area contributed by atoms with Crippen LogP contribution in [-0.2, 0) is 6.54 Å². The van der Waals surface area contributed by atoms with Crippen LogP contribution in [-0.4, -0.2) is 6.10 Å². The molecule has 0 aliphatic heterocycles. The first kappa shape index (κ1) is 12.5. The number of benzene rings is 1. The van der Waals surface area contributed by atoms with Gasteiger partial charge in [0.05, 0.1) is 6.10 Å². The van der Waals surface area contributed by atoms with Crippen LogP contribution in [0.5, 0.6) is 5.75 Å². The quantitative estimate of drug-likeness (QED) is 0.854. The van der Waals surface area contributed by atoms with E-state index in [0.717, 1.165) is 18.0 Å². The van der Waals surface area contributed by atoms with Gasteiger partial charge in [-0.05, 0) is 72.3 Å². The molecule has 2 nitrogen and oxygen atoms in total. The van der Waals surface area contributed by atoms with Crippen molar-refractivity contribution in [2.24, 2.45) is 0 Å². The molecular formula is C16H19NOS. The number of anilines is 1. The number of hydrogen-bond acceptors (Lipinski definition) is 3. The maximum absolute atomic E-state index is 5.95. The van der Waals surface area contributed by atoms with Crippen molar-refractivity contribution in [1.29, 1.82) is 0 Å². The number of hydrogen-bond donors (Lipinski definition) is 1. The molecule has 3 heteroatoms. The van der Waals surface area contributed by atoms with Crippen molar-refractivity contribution in [3.8, 4) is 5.75 Å². The summed E-state index contributed by atoms with van der Waals surface area (Å²) in [7, 11) is 0. The van der Waals surface area contributed by atoms with E-state index < -0.39 is 0 Å². The summed E-state index contributed by atoms with van der Waals surface area (Å²) in [5, 5.41) is 7.70. The van der Waals surface area contributed by atoms with E-state index in [1.54, 1.807) is 11.3 Å². The van der Waals surface area contributed by atoms with Crippen LogP contribution in [0.1, 0.15) is 31.2 Å². The van der Waals surface area contributed by atoms with E-state index in [9.17, 15) is 0 Å². The van der Waals surface area contributed by atoms with Crippen LogP contribution in [0.25, 0.3) is 0 Å². The monoisotopic (exact) mass is 273 g/mol. The molecule has 0 atom stereocenters. The zero-order chi connectivity index (χ0) is 12.9. The van der Waals surface area contributed by atoms with Gasteiger partial charge in [0.15, 0.2) is 0 Å². The van der Waals surface area contributed by atoms with Crippen molar-refractivity contribution in [3.05, 3.63) is 46.7 Å². The van der Waals surface area contributed by atoms with Crippen LogP contribution in [0.2, 0.25) is 0 Å². The molecule has 0 spiro atoms. The van der Waals surface area contributed by atoms with Crippen LogP contribution in [0.15, 0.2) is 41.1 Å². The summed E-state index contributed by atoms with van der Waals surface area (Å²) in [6.45, 7) is 0.881. The molecule has 2 aromatic rings. The van der Waals surface area contributed by atoms with Gasteiger partial charge in [-0.3, -0.25) is 0 Å². The Labute approximate surface area is 118 Å². The largest absolute Gasteiger partial charge is 0.490 e. The van der Waals surface area contributed by atoms with Crippen LogP contribution in [0.3, 0.4) is 0 Å². The van der Waals surface area contributed by atoms with Gasteiger partial charge in [-0.25, -0.2) is 0 Å². The lowest BCUT2D eigenvalue weighted by molar-refractivity contribution is 0.210. The van der Waals surface area contributed by atoms with Gasteiger partial charge in [0.2, 0.25) is 0 Å². The molecule has 1 aliphatic carbocycles. The Morgan fingerprint density at radius 2 is 1.89 bits per heavy atom. The highest BCUT2D eigenvalue weighted by atomic mass is 32.1. The van der Waals surface area contributed by atoms with Crippen LogP contribution in [0, 0.1) is 0 Å². The molecule has 1 heterocycles. The lowest BCUT2D eigenvalue weighted by Crippen LogP contribution is -2.10. The number of rotatable bonds is 5. The summed E-state index contributed by atoms with van der Waals surface area (Å²) in [5.74, 6) is 0.994. The highest BCUT2D eigenvalue weighted by molar-refractivity contribution is 7.07. The Morgan fingerprint density at radius 1 is 1.11 bits per heavy atom. The van der Waals surface area contributed by atoms with Crippen LogP contribution < -0.4 is 10.1 Å². The van der Waals surface area contributed by atoms with Crippen LogP contribution in [0.4, 0.5) is 5.69 Å². The number of ether oxygens (including phenoxy) is 1. The van der Waals surface area contributed by atoms with Gasteiger partial charge in [0, 0.05) is 12.2 Å². The van der Waals surface area contributed by atoms with E-state index in [-0.39, 0.29) is 0 Å². The fourth-order valence-electron chi connectivity index (χ4n) is 2.45. The van der Waals surface area contributed by atoms with E-state index in [1.165, 1.54) is 31.2 Å². The van der Waals surface area contributed by atoms with Gasteiger partial charge in [0.25, 0.3) is 0 Å². The predicted octanol–water partition coefficient (Wildman–Crippen LogP) is 4.68. The highest BCUT2D eigenvalue weighted by Crippen LogP contribution is 2.25. The molecule has 1 saturated carbocycles. The van der Waals surface area contributed by atoms with Gasteiger partial charge in [-0.15, -0.1) is 0 Å². The maximum atomic E-state index is 5.95. The molecule has 19 heavy (non-hydrogen) atoms. The topological polar surface area (TPSA) is 21.3 Å². The average Bonchev–Trinajstić information content (AvgIpc) is 3.11. The minimum atomic E-state index is 0.435. The fourth-order valence-corrected chi connectivity index (χ4v) is 3.12. The van der Waals surface area contributed by atoms with E-state index in [0.29, 0.717) is 6.10 Å². The number of thiophene rings is 1. The van der Waals surface area contributed by atoms with Gasteiger partial charge >= 0.3 is 0 Å². The lowest BCUT2D eigenvalue weighted by atomic mass is 10.2. The smallest absolute Gasteiger partial charge is 0.119 e. The first-order valence-electron chi connectivity index (χ1n) is 6.92. The third-order valence-electron chi connectivity index (χ3n) is 3.54. The molecule has 1 aliphatic rings. The molecule has 1 N–H and O–H groups in total. The van der Waals surface area contributed by atoms with Gasteiger partial charge in [-0.2, -0.15) is 11.3 Å². The van der Waals surface area contributed by atoms with Crippen molar-refractivity contribution in [2.75, 3.05) is 5.32 Å². The normalized spacial score (nSPS) is 15.6. The summed E-state index contributed by atoms with van der Waals surface area (Å²) in [4.78, 5) is 0. The zero-order valence-corrected chi connectivity index (χ0v) is 11.8. The Morgan fingerprint density at radius 3 is 2.58 bits per heavy atom. The Balaban J connectivity index is 1.53.